The van der Waals surface area contributed by atoms with E-state index in [2.05, 4.69) is 5.32 Å². The largest absolute Gasteiger partial charge is 0.477 e. The minimum absolute atomic E-state index is 0.0290. The summed E-state index contributed by atoms with van der Waals surface area (Å²) in [5, 5.41) is 30.8. The highest BCUT2D eigenvalue weighted by atomic mass is 16.6. The number of aromatic carboxylic acids is 1. The van der Waals surface area contributed by atoms with E-state index in [-0.39, 0.29) is 12.2 Å². The Labute approximate surface area is 96.8 Å². The Morgan fingerprint density at radius 3 is 2.71 bits per heavy atom. The molecule has 0 atom stereocenters. The van der Waals surface area contributed by atoms with Gasteiger partial charge in [-0.1, -0.05) is 6.07 Å². The predicted molar refractivity (Wildman–Crippen MR) is 58.8 cm³/mol. The molecule has 7 heteroatoms. The molecule has 0 radical (unpaired) electrons. The highest BCUT2D eigenvalue weighted by Gasteiger charge is 2.19. The van der Waals surface area contributed by atoms with E-state index in [1.54, 1.807) is 0 Å². The van der Waals surface area contributed by atoms with Crippen molar-refractivity contribution < 1.29 is 19.9 Å². The van der Waals surface area contributed by atoms with Crippen LogP contribution in [0.2, 0.25) is 0 Å². The number of benzene rings is 1. The summed E-state index contributed by atoms with van der Waals surface area (Å²) in [7, 11) is 0. The summed E-state index contributed by atoms with van der Waals surface area (Å²) < 4.78 is 0. The summed E-state index contributed by atoms with van der Waals surface area (Å²) >= 11 is 0. The van der Waals surface area contributed by atoms with Gasteiger partial charge in [-0.2, -0.15) is 0 Å². The quantitative estimate of drug-likeness (QED) is 0.376. The van der Waals surface area contributed by atoms with Crippen molar-refractivity contribution in [2.75, 3.05) is 13.2 Å². The molecular formula is C10H12N2O5. The van der Waals surface area contributed by atoms with Crippen LogP contribution in [0.25, 0.3) is 0 Å². The molecule has 0 aliphatic rings. The Morgan fingerprint density at radius 2 is 2.18 bits per heavy atom. The number of carboxylic acid groups (broad SMARTS) is 1. The number of nitro groups is 1. The van der Waals surface area contributed by atoms with Gasteiger partial charge >= 0.3 is 5.97 Å². The van der Waals surface area contributed by atoms with Gasteiger partial charge in [-0.15, -0.1) is 0 Å². The lowest BCUT2D eigenvalue weighted by atomic mass is 10.1. The Hall–Kier alpha value is -1.99. The summed E-state index contributed by atoms with van der Waals surface area (Å²) in [4.78, 5) is 20.7. The van der Waals surface area contributed by atoms with Gasteiger partial charge in [0, 0.05) is 19.2 Å². The van der Waals surface area contributed by atoms with Crippen LogP contribution in [-0.2, 0) is 6.54 Å². The molecule has 0 aliphatic heterocycles. The van der Waals surface area contributed by atoms with Crippen molar-refractivity contribution in [2.24, 2.45) is 0 Å². The van der Waals surface area contributed by atoms with Crippen LogP contribution in [0.4, 0.5) is 5.69 Å². The van der Waals surface area contributed by atoms with Gasteiger partial charge in [0.05, 0.1) is 11.5 Å². The molecule has 1 aromatic rings. The Bertz CT molecular complexity index is 433. The van der Waals surface area contributed by atoms with Crippen LogP contribution in [0.15, 0.2) is 18.2 Å². The van der Waals surface area contributed by atoms with Gasteiger partial charge in [0.15, 0.2) is 0 Å². The maximum atomic E-state index is 10.8. The Kier molecular flexibility index (Phi) is 4.56. The fraction of sp³-hybridized carbons (Fsp3) is 0.300. The van der Waals surface area contributed by atoms with Crippen LogP contribution in [0.5, 0.6) is 0 Å². The van der Waals surface area contributed by atoms with Crippen molar-refractivity contribution in [1.29, 1.82) is 0 Å². The molecule has 0 aromatic heterocycles. The molecule has 3 N–H and O–H groups in total. The molecule has 92 valence electrons. The molecule has 0 aliphatic carbocycles. The number of carboxylic acids is 1. The van der Waals surface area contributed by atoms with E-state index in [0.29, 0.717) is 18.7 Å². The van der Waals surface area contributed by atoms with Gasteiger partial charge in [-0.25, -0.2) is 4.79 Å². The third-order valence-corrected chi connectivity index (χ3v) is 2.11. The summed E-state index contributed by atoms with van der Waals surface area (Å²) in [6.07, 6.45) is 0. The first-order valence-corrected chi connectivity index (χ1v) is 4.88. The summed E-state index contributed by atoms with van der Waals surface area (Å²) in [6, 6.07) is 3.90. The Balaban J connectivity index is 2.94. The molecule has 0 bridgehead atoms. The maximum absolute atomic E-state index is 10.8. The van der Waals surface area contributed by atoms with Crippen LogP contribution < -0.4 is 5.32 Å². The molecule has 0 heterocycles. The summed E-state index contributed by atoms with van der Waals surface area (Å²) in [6.45, 7) is 0.691. The monoisotopic (exact) mass is 240 g/mol. The van der Waals surface area contributed by atoms with Crippen molar-refractivity contribution in [2.45, 2.75) is 6.54 Å². The van der Waals surface area contributed by atoms with Crippen LogP contribution in [-0.4, -0.2) is 34.3 Å². The third kappa shape index (κ3) is 3.51. The zero-order valence-corrected chi connectivity index (χ0v) is 8.92. The molecule has 1 aromatic carbocycles. The number of aliphatic hydroxyl groups is 1. The van der Waals surface area contributed by atoms with E-state index >= 15 is 0 Å². The molecule has 0 unspecified atom stereocenters. The first kappa shape index (κ1) is 13.1. The first-order valence-electron chi connectivity index (χ1n) is 4.88. The second-order valence-corrected chi connectivity index (χ2v) is 3.31. The van der Waals surface area contributed by atoms with Gasteiger partial charge < -0.3 is 15.5 Å². The van der Waals surface area contributed by atoms with Crippen LogP contribution in [0.1, 0.15) is 15.9 Å². The number of nitrogens with zero attached hydrogens (tertiary/aromatic N) is 1. The van der Waals surface area contributed by atoms with Crippen molar-refractivity contribution in [3.63, 3.8) is 0 Å². The van der Waals surface area contributed by atoms with Gasteiger partial charge in [-0.05, 0) is 11.6 Å². The number of carbonyl (C=O) groups is 1. The molecule has 7 nitrogen and oxygen atoms in total. The topological polar surface area (TPSA) is 113 Å². The molecule has 17 heavy (non-hydrogen) atoms. The van der Waals surface area contributed by atoms with E-state index in [1.807, 2.05) is 0 Å². The molecule has 0 saturated carbocycles. The van der Waals surface area contributed by atoms with Crippen LogP contribution in [0.3, 0.4) is 0 Å². The fourth-order valence-electron chi connectivity index (χ4n) is 1.34. The highest BCUT2D eigenvalue weighted by molar-refractivity contribution is 5.92. The first-order chi connectivity index (χ1) is 8.06. The molecule has 1 rings (SSSR count). The lowest BCUT2D eigenvalue weighted by Crippen LogP contribution is -2.17. The Morgan fingerprint density at radius 1 is 1.47 bits per heavy atom. The number of hydrogen-bond acceptors (Lipinski definition) is 5. The lowest BCUT2D eigenvalue weighted by molar-refractivity contribution is -0.385. The number of nitro benzene ring substituents is 1. The average molecular weight is 240 g/mol. The minimum Gasteiger partial charge on any atom is -0.477 e. The second kappa shape index (κ2) is 5.92. The predicted octanol–water partition coefficient (Wildman–Crippen LogP) is 0.375. The zero-order chi connectivity index (χ0) is 12.8. The van der Waals surface area contributed by atoms with Crippen molar-refractivity contribution >= 4 is 11.7 Å². The zero-order valence-electron chi connectivity index (χ0n) is 8.92. The van der Waals surface area contributed by atoms with Crippen molar-refractivity contribution in [3.05, 3.63) is 39.4 Å². The summed E-state index contributed by atoms with van der Waals surface area (Å²) in [5.41, 5.74) is -0.150. The number of nitrogens with one attached hydrogen (secondary N) is 1. The maximum Gasteiger partial charge on any atom is 0.342 e. The summed E-state index contributed by atoms with van der Waals surface area (Å²) in [5.74, 6) is -1.33. The van der Waals surface area contributed by atoms with E-state index < -0.39 is 16.6 Å². The van der Waals surface area contributed by atoms with Gasteiger partial charge in [0.25, 0.3) is 5.69 Å². The number of rotatable bonds is 6. The number of aliphatic hydroxyl groups excluding tert-OH is 1. The smallest absolute Gasteiger partial charge is 0.342 e. The molecular weight excluding hydrogens is 228 g/mol. The van der Waals surface area contributed by atoms with Crippen LogP contribution >= 0.6 is 0 Å². The van der Waals surface area contributed by atoms with E-state index in [0.717, 1.165) is 0 Å². The third-order valence-electron chi connectivity index (χ3n) is 2.11. The van der Waals surface area contributed by atoms with Crippen molar-refractivity contribution in [1.82, 2.24) is 5.32 Å². The highest BCUT2D eigenvalue weighted by Crippen LogP contribution is 2.19. The van der Waals surface area contributed by atoms with Crippen molar-refractivity contribution in [3.8, 4) is 0 Å². The fourth-order valence-corrected chi connectivity index (χ4v) is 1.34. The minimum atomic E-state index is -1.33. The molecule has 0 saturated heterocycles. The van der Waals surface area contributed by atoms with Gasteiger partial charge in [0.2, 0.25) is 0 Å². The number of hydrogen-bond donors (Lipinski definition) is 3. The van der Waals surface area contributed by atoms with Gasteiger partial charge in [-0.3, -0.25) is 10.1 Å². The van der Waals surface area contributed by atoms with E-state index in [9.17, 15) is 14.9 Å². The van der Waals surface area contributed by atoms with Gasteiger partial charge in [0.1, 0.15) is 5.56 Å². The SMILES string of the molecule is O=C(O)c1cc(CNCCO)ccc1[N+](=O)[O-]. The van der Waals surface area contributed by atoms with E-state index in [1.165, 1.54) is 18.2 Å². The average Bonchev–Trinajstić information content (AvgIpc) is 2.29. The normalized spacial score (nSPS) is 10.2. The molecule has 0 fully saturated rings. The lowest BCUT2D eigenvalue weighted by Gasteiger charge is -2.04. The van der Waals surface area contributed by atoms with E-state index in [4.69, 9.17) is 10.2 Å². The second-order valence-electron chi connectivity index (χ2n) is 3.31. The van der Waals surface area contributed by atoms with Crippen LogP contribution in [0, 0.1) is 10.1 Å². The molecule has 0 spiro atoms. The molecule has 0 amide bonds. The standard InChI is InChI=1S/C10H12N2O5/c13-4-3-11-6-7-1-2-9(12(16)17)8(5-7)10(14)15/h1-2,5,11,13H,3-4,6H2,(H,14,15).